The molecule has 19 nitrogen and oxygen atoms in total. The molecule has 2 aromatic heterocycles. The van der Waals surface area contributed by atoms with Gasteiger partial charge in [0.15, 0.2) is 18.7 Å². The Morgan fingerprint density at radius 1 is 1.13 bits per heavy atom. The Labute approximate surface area is 421 Å². The van der Waals surface area contributed by atoms with Crippen molar-refractivity contribution in [2.24, 2.45) is 28.5 Å². The molecule has 12 atom stereocenters. The van der Waals surface area contributed by atoms with E-state index in [1.807, 2.05) is 32.0 Å². The highest BCUT2D eigenvalue weighted by Crippen LogP contribution is 2.42. The minimum absolute atomic E-state index is 0.0504. The topological polar surface area (TPSA) is 272 Å². The van der Waals surface area contributed by atoms with Crippen molar-refractivity contribution in [3.05, 3.63) is 40.7 Å². The largest absolute Gasteiger partial charge is 0.457 e. The number of ketones is 1. The normalized spacial score (nSPS) is 33.4. The zero-order chi connectivity index (χ0) is 52.4. The number of unbranched alkanes of at least 4 members (excludes halogenated alkanes) is 1. The second kappa shape index (κ2) is 25.1. The number of anilines is 1. The minimum Gasteiger partial charge on any atom is -0.457 e. The number of halogens is 1. The number of aliphatic hydroxyl groups is 2. The number of thiazole rings is 1. The first-order chi connectivity index (χ1) is 33.5. The first kappa shape index (κ1) is 57.6. The maximum atomic E-state index is 17.0. The summed E-state index contributed by atoms with van der Waals surface area (Å²) in [6, 6.07) is 2.50. The van der Waals surface area contributed by atoms with E-state index in [0.29, 0.717) is 58.5 Å². The summed E-state index contributed by atoms with van der Waals surface area (Å²) in [5.74, 6) is -5.11. The van der Waals surface area contributed by atoms with E-state index in [1.165, 1.54) is 25.2 Å². The van der Waals surface area contributed by atoms with Crippen LogP contribution in [-0.2, 0) is 49.6 Å². The number of carbonyl (C=O) groups is 4. The average Bonchev–Trinajstić information content (AvgIpc) is 3.79. The van der Waals surface area contributed by atoms with Gasteiger partial charge in [-0.15, -0.1) is 11.3 Å². The number of rotatable bonds is 16. The second-order valence-corrected chi connectivity index (χ2v) is 20.8. The molecule has 0 saturated carbocycles. The van der Waals surface area contributed by atoms with E-state index in [4.69, 9.17) is 35.3 Å². The number of cyclic esters (lactones) is 1. The lowest BCUT2D eigenvalue weighted by Crippen LogP contribution is -2.60. The maximum absolute atomic E-state index is 17.0. The van der Waals surface area contributed by atoms with Crippen LogP contribution >= 0.6 is 11.3 Å². The number of alkyl halides is 1. The number of esters is 1. The fourth-order valence-electron chi connectivity index (χ4n) is 9.63. The lowest BCUT2D eigenvalue weighted by Gasteiger charge is -2.47. The van der Waals surface area contributed by atoms with Gasteiger partial charge in [0.05, 0.1) is 41.9 Å². The molecule has 2 amide bonds. The van der Waals surface area contributed by atoms with E-state index in [2.05, 4.69) is 25.8 Å². The molecule has 5 rings (SSSR count). The summed E-state index contributed by atoms with van der Waals surface area (Å²) in [5.41, 5.74) is 7.72. The number of carbonyl (C=O) groups excluding carboxylic acids is 4. The fourth-order valence-corrected chi connectivity index (χ4v) is 10.4. The summed E-state index contributed by atoms with van der Waals surface area (Å²) in [6.07, 6.45) is -0.685. The van der Waals surface area contributed by atoms with Crippen LogP contribution in [0.5, 0.6) is 0 Å². The molecule has 12 unspecified atom stereocenters. The molecule has 396 valence electrons. The van der Waals surface area contributed by atoms with E-state index in [0.717, 1.165) is 19.8 Å². The summed E-state index contributed by atoms with van der Waals surface area (Å²) in [7, 11) is 3.64. The number of nitrogens with zero attached hydrogens (tertiary/aromatic N) is 4. The van der Waals surface area contributed by atoms with Crippen LogP contribution < -0.4 is 22.1 Å². The van der Waals surface area contributed by atoms with Gasteiger partial charge in [0.1, 0.15) is 28.6 Å². The lowest BCUT2D eigenvalue weighted by molar-refractivity contribution is -0.296. The van der Waals surface area contributed by atoms with Crippen molar-refractivity contribution in [3.8, 4) is 10.6 Å². The lowest BCUT2D eigenvalue weighted by atomic mass is 9.74. The van der Waals surface area contributed by atoms with Gasteiger partial charge in [-0.1, -0.05) is 32.3 Å². The SMILES string of the molecule is CCC(=O)N/C1=C(\C)C2CCC(=NOCc3ccc(-c4nc(NC(=O)C(N)CCCCN)cs4)cn3)COC(C)(CC1)C(OC1OC(C)CC(N(C)C)C1O)C(C)C(=O)C(C)(F)C(=O)OC(CC)C2(C)O. The van der Waals surface area contributed by atoms with Gasteiger partial charge in [-0.05, 0) is 124 Å². The molecule has 2 aromatic rings. The molecule has 0 radical (unpaired) electrons. The Bertz CT molecular complexity index is 2210. The van der Waals surface area contributed by atoms with E-state index >= 15 is 4.39 Å². The van der Waals surface area contributed by atoms with Gasteiger partial charge in [0.25, 0.3) is 5.67 Å². The van der Waals surface area contributed by atoms with Gasteiger partial charge in [-0.25, -0.2) is 14.2 Å². The molecule has 2 bridgehead atoms. The highest BCUT2D eigenvalue weighted by atomic mass is 32.1. The standard InChI is InChI=1S/C50H77FN8O11S/c1-11-38-50(8,65)34-19-18-33(58-67-26-32-17-16-31(24-54-32)45-57-39(27-71-45)56-44(63)35(53)15-13-14-22-52)25-66-48(6,21-20-36(29(34)4)55-40(60)12-2)43(30(5)42(62)49(7,51)47(64)69-38)70-46-41(61)37(59(9)10)23-28(3)68-46/h16-17,24,27-28,30,34-35,37-38,41,43,46,61,65H,11-15,18-23,25-26,52-53H2,1-10H3,(H,55,60)(H,56,63)/b36-29+,58-33?. The first-order valence-electron chi connectivity index (χ1n) is 24.8. The fraction of sp³-hybridized carbons (Fsp3) is 0.700. The molecule has 1 saturated heterocycles. The zero-order valence-corrected chi connectivity index (χ0v) is 43.8. The van der Waals surface area contributed by atoms with Crippen molar-refractivity contribution in [2.45, 2.75) is 186 Å². The molecule has 5 heterocycles. The molecule has 0 aromatic carbocycles. The average molecular weight is 1020 g/mol. The Kier molecular flexibility index (Phi) is 20.3. The molecule has 71 heavy (non-hydrogen) atoms. The van der Waals surface area contributed by atoms with Crippen molar-refractivity contribution in [3.63, 3.8) is 0 Å². The van der Waals surface area contributed by atoms with Gasteiger partial charge < -0.3 is 61.0 Å². The molecular formula is C50H77FN8O11S. The highest BCUT2D eigenvalue weighted by Gasteiger charge is 2.55. The van der Waals surface area contributed by atoms with Gasteiger partial charge in [0, 0.05) is 47.1 Å². The van der Waals surface area contributed by atoms with Crippen LogP contribution in [0.1, 0.15) is 125 Å². The quantitative estimate of drug-likeness (QED) is 0.0555. The number of Topliss-reactive ketones (excluding diaryl/α,β-unsaturated/α-hetero) is 1. The molecule has 3 aliphatic rings. The van der Waals surface area contributed by atoms with Crippen LogP contribution in [0.4, 0.5) is 10.2 Å². The Hall–Kier alpha value is -4.32. The van der Waals surface area contributed by atoms with Gasteiger partial charge >= 0.3 is 5.97 Å². The van der Waals surface area contributed by atoms with Crippen LogP contribution in [0.25, 0.3) is 10.6 Å². The number of fused-ring (bicyclic) bond motifs is 4. The third-order valence-electron chi connectivity index (χ3n) is 14.2. The zero-order valence-electron chi connectivity index (χ0n) is 43.0. The summed E-state index contributed by atoms with van der Waals surface area (Å²) < 4.78 is 42.6. The monoisotopic (exact) mass is 1020 g/mol. The van der Waals surface area contributed by atoms with Crippen molar-refractivity contribution in [2.75, 3.05) is 32.6 Å². The number of aliphatic hydroxyl groups excluding tert-OH is 1. The number of pyridine rings is 1. The number of aromatic nitrogens is 2. The molecule has 8 N–H and O–H groups in total. The van der Waals surface area contributed by atoms with E-state index in [1.54, 1.807) is 45.3 Å². The number of ether oxygens (including phenoxy) is 4. The summed E-state index contributed by atoms with van der Waals surface area (Å²) >= 11 is 1.33. The van der Waals surface area contributed by atoms with Crippen LogP contribution in [0.3, 0.4) is 0 Å². The van der Waals surface area contributed by atoms with Crippen molar-refractivity contribution in [1.29, 1.82) is 0 Å². The van der Waals surface area contributed by atoms with Crippen LogP contribution in [0.2, 0.25) is 0 Å². The number of likely N-dealkylation sites (N-methyl/N-ethyl adjacent to an activating group) is 1. The molecule has 1 fully saturated rings. The number of nitrogens with two attached hydrogens (primary N) is 2. The minimum atomic E-state index is -3.20. The number of nitrogens with one attached hydrogen (secondary N) is 2. The van der Waals surface area contributed by atoms with E-state index < -0.39 is 77.1 Å². The summed E-state index contributed by atoms with van der Waals surface area (Å²) in [4.78, 5) is 71.2. The smallest absolute Gasteiger partial charge is 0.351 e. The first-order valence-corrected chi connectivity index (χ1v) is 25.7. The summed E-state index contributed by atoms with van der Waals surface area (Å²) in [6.45, 7) is 12.8. The van der Waals surface area contributed by atoms with Gasteiger partial charge in [-0.2, -0.15) is 0 Å². The molecule has 3 aliphatic heterocycles. The summed E-state index contributed by atoms with van der Waals surface area (Å²) in [5, 5.41) is 37.0. The van der Waals surface area contributed by atoms with E-state index in [-0.39, 0.29) is 69.7 Å². The number of hydrogen-bond donors (Lipinski definition) is 6. The van der Waals surface area contributed by atoms with Crippen LogP contribution in [0.15, 0.2) is 40.1 Å². The Morgan fingerprint density at radius 2 is 1.86 bits per heavy atom. The van der Waals surface area contributed by atoms with Gasteiger partial charge in [-0.3, -0.25) is 19.4 Å². The van der Waals surface area contributed by atoms with Crippen LogP contribution in [-0.4, -0.2) is 141 Å². The number of allylic oxidation sites excluding steroid dienone is 1. The third kappa shape index (κ3) is 14.3. The van der Waals surface area contributed by atoms with Gasteiger partial charge in [0.2, 0.25) is 11.8 Å². The van der Waals surface area contributed by atoms with Crippen molar-refractivity contribution in [1.82, 2.24) is 20.2 Å². The van der Waals surface area contributed by atoms with Crippen molar-refractivity contribution >= 4 is 46.4 Å². The highest BCUT2D eigenvalue weighted by molar-refractivity contribution is 7.13. The number of oxime groups is 1. The van der Waals surface area contributed by atoms with E-state index in [9.17, 15) is 29.4 Å². The van der Waals surface area contributed by atoms with Crippen LogP contribution in [0, 0.1) is 11.8 Å². The maximum Gasteiger partial charge on any atom is 0.351 e. The predicted octanol–water partition coefficient (Wildman–Crippen LogP) is 5.07. The van der Waals surface area contributed by atoms with Crippen molar-refractivity contribution < 1.29 is 57.6 Å². The Balaban J connectivity index is 1.53. The third-order valence-corrected chi connectivity index (χ3v) is 15.1. The Morgan fingerprint density at radius 3 is 2.51 bits per heavy atom. The number of amides is 2. The molecule has 21 heteroatoms. The molecule has 0 aliphatic carbocycles. The second-order valence-electron chi connectivity index (χ2n) is 20.0. The predicted molar refractivity (Wildman–Crippen MR) is 266 cm³/mol. The molecular weight excluding hydrogens is 940 g/mol. The molecule has 0 spiro atoms. The number of hydrogen-bond acceptors (Lipinski definition) is 18.